The monoisotopic (exact) mass is 284 g/mol. The minimum absolute atomic E-state index is 0.106. The Kier molecular flexibility index (Phi) is 3.32. The number of hydrogen-bond donors (Lipinski definition) is 2. The van der Waals surface area contributed by atoms with Gasteiger partial charge in [-0.05, 0) is 37.6 Å². The first-order valence-electron chi connectivity index (χ1n) is 6.55. The zero-order valence-corrected chi connectivity index (χ0v) is 12.2. The average Bonchev–Trinajstić information content (AvgIpc) is 2.87. The zero-order chi connectivity index (χ0) is 14.1. The smallest absolute Gasteiger partial charge is 0.120 e. The molecule has 3 rings (SSSR count). The Hall–Kier alpha value is -2.07. The number of fused-ring (bicyclic) bond motifs is 1. The van der Waals surface area contributed by atoms with Crippen molar-refractivity contribution in [1.82, 2.24) is 4.98 Å². The molecule has 0 radical (unpaired) electrons. The fraction of sp³-hybridized carbons (Fsp3) is 0.188. The second kappa shape index (κ2) is 5.13. The number of aromatic hydroxyl groups is 1. The van der Waals surface area contributed by atoms with Crippen molar-refractivity contribution in [3.63, 3.8) is 0 Å². The van der Waals surface area contributed by atoms with Crippen molar-refractivity contribution in [3.05, 3.63) is 53.0 Å². The van der Waals surface area contributed by atoms with Crippen LogP contribution < -0.4 is 5.32 Å². The van der Waals surface area contributed by atoms with E-state index in [9.17, 15) is 5.11 Å². The summed E-state index contributed by atoms with van der Waals surface area (Å²) in [5, 5.41) is 14.2. The van der Waals surface area contributed by atoms with Gasteiger partial charge in [0.25, 0.3) is 0 Å². The van der Waals surface area contributed by atoms with Gasteiger partial charge in [0.2, 0.25) is 0 Å². The van der Waals surface area contributed by atoms with Crippen LogP contribution in [0.3, 0.4) is 0 Å². The van der Waals surface area contributed by atoms with Gasteiger partial charge in [-0.25, -0.2) is 4.98 Å². The molecule has 0 aliphatic rings. The number of hydrogen-bond acceptors (Lipinski definition) is 4. The minimum atomic E-state index is 0.106. The maximum Gasteiger partial charge on any atom is 0.120 e. The van der Waals surface area contributed by atoms with Gasteiger partial charge in [-0.3, -0.25) is 0 Å². The van der Waals surface area contributed by atoms with E-state index in [4.69, 9.17) is 0 Å². The third-order valence-electron chi connectivity index (χ3n) is 3.27. The van der Waals surface area contributed by atoms with Crippen LogP contribution in [0.25, 0.3) is 10.2 Å². The molecule has 1 unspecified atom stereocenters. The molecule has 0 aliphatic carbocycles. The number of thiazole rings is 1. The predicted molar refractivity (Wildman–Crippen MR) is 84.5 cm³/mol. The summed E-state index contributed by atoms with van der Waals surface area (Å²) in [7, 11) is 0. The van der Waals surface area contributed by atoms with Crippen molar-refractivity contribution in [2.45, 2.75) is 19.9 Å². The zero-order valence-electron chi connectivity index (χ0n) is 11.4. The number of aromatic nitrogens is 1. The fourth-order valence-corrected chi connectivity index (χ4v) is 3.06. The Balaban J connectivity index is 1.84. The molecule has 0 bridgehead atoms. The normalized spacial score (nSPS) is 12.5. The highest BCUT2D eigenvalue weighted by molar-refractivity contribution is 7.18. The number of nitrogens with one attached hydrogen (secondary N) is 1. The Morgan fingerprint density at radius 1 is 1.20 bits per heavy atom. The summed E-state index contributed by atoms with van der Waals surface area (Å²) in [6.45, 7) is 3.96. The number of anilines is 1. The molecule has 1 aromatic heterocycles. The molecule has 0 spiro atoms. The highest BCUT2D eigenvalue weighted by atomic mass is 32.1. The van der Waals surface area contributed by atoms with Gasteiger partial charge in [0.1, 0.15) is 10.8 Å². The van der Waals surface area contributed by atoms with E-state index in [0.29, 0.717) is 5.75 Å². The largest absolute Gasteiger partial charge is 0.508 e. The lowest BCUT2D eigenvalue weighted by molar-refractivity contribution is 0.471. The van der Waals surface area contributed by atoms with E-state index in [1.807, 2.05) is 37.3 Å². The number of nitrogens with zero attached hydrogens (tertiary/aromatic N) is 1. The topological polar surface area (TPSA) is 45.2 Å². The Morgan fingerprint density at radius 3 is 2.75 bits per heavy atom. The lowest BCUT2D eigenvalue weighted by Crippen LogP contribution is -2.05. The second-order valence-corrected chi connectivity index (χ2v) is 5.95. The molecule has 0 saturated heterocycles. The molecular weight excluding hydrogens is 268 g/mol. The third kappa shape index (κ3) is 2.47. The summed E-state index contributed by atoms with van der Waals surface area (Å²) in [5.74, 6) is 0.312. The van der Waals surface area contributed by atoms with Crippen LogP contribution in [0, 0.1) is 6.92 Å². The average molecular weight is 284 g/mol. The van der Waals surface area contributed by atoms with Gasteiger partial charge in [0, 0.05) is 11.8 Å². The van der Waals surface area contributed by atoms with Gasteiger partial charge in [-0.1, -0.05) is 18.2 Å². The van der Waals surface area contributed by atoms with E-state index in [-0.39, 0.29) is 6.04 Å². The Bertz CT molecular complexity index is 718. The van der Waals surface area contributed by atoms with Gasteiger partial charge in [-0.15, -0.1) is 11.3 Å². The lowest BCUT2D eigenvalue weighted by Gasteiger charge is -2.13. The van der Waals surface area contributed by atoms with Crippen LogP contribution in [0.1, 0.15) is 23.5 Å². The predicted octanol–water partition coefficient (Wildman–Crippen LogP) is 4.48. The summed E-state index contributed by atoms with van der Waals surface area (Å²) in [6, 6.07) is 13.9. The van der Waals surface area contributed by atoms with Crippen LogP contribution >= 0.6 is 11.3 Å². The Labute approximate surface area is 121 Å². The molecule has 0 fully saturated rings. The van der Waals surface area contributed by atoms with E-state index in [1.165, 1.54) is 4.70 Å². The number of phenols is 1. The summed E-state index contributed by atoms with van der Waals surface area (Å²) in [4.78, 5) is 4.64. The number of rotatable bonds is 3. The van der Waals surface area contributed by atoms with Crippen LogP contribution in [-0.4, -0.2) is 10.1 Å². The summed E-state index contributed by atoms with van der Waals surface area (Å²) in [5.41, 5.74) is 2.82. The van der Waals surface area contributed by atoms with Gasteiger partial charge >= 0.3 is 0 Å². The van der Waals surface area contributed by atoms with Gasteiger partial charge < -0.3 is 10.4 Å². The summed E-state index contributed by atoms with van der Waals surface area (Å²) < 4.78 is 1.20. The van der Waals surface area contributed by atoms with Crippen LogP contribution in [-0.2, 0) is 0 Å². The maximum absolute atomic E-state index is 9.74. The van der Waals surface area contributed by atoms with E-state index >= 15 is 0 Å². The van der Waals surface area contributed by atoms with Crippen LogP contribution in [0.5, 0.6) is 5.75 Å². The van der Waals surface area contributed by atoms with E-state index in [1.54, 1.807) is 17.4 Å². The number of aryl methyl sites for hydroxylation is 1. The van der Waals surface area contributed by atoms with Crippen LogP contribution in [0.2, 0.25) is 0 Å². The summed E-state index contributed by atoms with van der Waals surface area (Å²) in [6.07, 6.45) is 0. The summed E-state index contributed by atoms with van der Waals surface area (Å²) >= 11 is 1.70. The van der Waals surface area contributed by atoms with E-state index in [2.05, 4.69) is 23.3 Å². The van der Waals surface area contributed by atoms with Gasteiger partial charge in [0.15, 0.2) is 0 Å². The molecule has 0 amide bonds. The van der Waals surface area contributed by atoms with Crippen molar-refractivity contribution in [1.29, 1.82) is 0 Å². The highest BCUT2D eigenvalue weighted by Crippen LogP contribution is 2.29. The first-order valence-corrected chi connectivity index (χ1v) is 7.37. The standard InChI is InChI=1S/C16H16N2OS/c1-10-7-8-12(9-14(10)19)17-11(2)16-18-13-5-3-4-6-15(13)20-16/h3-9,11,17,19H,1-2H3. The van der Waals surface area contributed by atoms with Crippen molar-refractivity contribution in [2.75, 3.05) is 5.32 Å². The van der Waals surface area contributed by atoms with Crippen LogP contribution in [0.15, 0.2) is 42.5 Å². The van der Waals surface area contributed by atoms with Crippen molar-refractivity contribution in [3.8, 4) is 5.75 Å². The molecule has 102 valence electrons. The van der Waals surface area contributed by atoms with E-state index < -0.39 is 0 Å². The lowest BCUT2D eigenvalue weighted by atomic mass is 10.2. The number of benzene rings is 2. The molecule has 1 heterocycles. The molecule has 3 aromatic rings. The third-order valence-corrected chi connectivity index (χ3v) is 4.49. The molecule has 4 heteroatoms. The SMILES string of the molecule is Cc1ccc(NC(C)c2nc3ccccc3s2)cc1O. The van der Waals surface area contributed by atoms with Crippen molar-refractivity contribution >= 4 is 27.2 Å². The fourth-order valence-electron chi connectivity index (χ4n) is 2.09. The molecule has 2 N–H and O–H groups in total. The van der Waals surface area contributed by atoms with Gasteiger partial charge in [0.05, 0.1) is 16.3 Å². The number of phenolic OH excluding ortho intramolecular Hbond substituents is 1. The molecular formula is C16H16N2OS. The minimum Gasteiger partial charge on any atom is -0.508 e. The van der Waals surface area contributed by atoms with E-state index in [0.717, 1.165) is 21.8 Å². The molecule has 2 aromatic carbocycles. The first-order chi connectivity index (χ1) is 9.63. The molecule has 1 atom stereocenters. The van der Waals surface area contributed by atoms with Crippen molar-refractivity contribution < 1.29 is 5.11 Å². The molecule has 20 heavy (non-hydrogen) atoms. The molecule has 0 aliphatic heterocycles. The van der Waals surface area contributed by atoms with Crippen LogP contribution in [0.4, 0.5) is 5.69 Å². The van der Waals surface area contributed by atoms with Gasteiger partial charge in [-0.2, -0.15) is 0 Å². The second-order valence-electron chi connectivity index (χ2n) is 4.89. The number of para-hydroxylation sites is 1. The molecule has 3 nitrogen and oxygen atoms in total. The molecule has 0 saturated carbocycles. The first kappa shape index (κ1) is 12.9. The van der Waals surface area contributed by atoms with Crippen molar-refractivity contribution in [2.24, 2.45) is 0 Å². The quantitative estimate of drug-likeness (QED) is 0.745. The maximum atomic E-state index is 9.74. The Morgan fingerprint density at radius 2 is 2.00 bits per heavy atom. The highest BCUT2D eigenvalue weighted by Gasteiger charge is 2.11.